The monoisotopic (exact) mass is 466 g/mol. The first-order valence-corrected chi connectivity index (χ1v) is 11.7. The Balaban J connectivity index is 1.48. The fourth-order valence-electron chi connectivity index (χ4n) is 5.40. The molecule has 178 valence electrons. The first-order chi connectivity index (χ1) is 15.0. The zero-order valence-corrected chi connectivity index (χ0v) is 20.4. The molecule has 1 amide bonds. The molecule has 0 aliphatic carbocycles. The second-order valence-electron chi connectivity index (χ2n) is 10.6. The van der Waals surface area contributed by atoms with Crippen molar-refractivity contribution >= 4 is 29.2 Å². The van der Waals surface area contributed by atoms with E-state index in [-0.39, 0.29) is 17.7 Å². The molecule has 1 aromatic rings. The van der Waals surface area contributed by atoms with Gasteiger partial charge in [0.15, 0.2) is 11.0 Å². The van der Waals surface area contributed by atoms with Crippen molar-refractivity contribution in [2.75, 3.05) is 43.4 Å². The van der Waals surface area contributed by atoms with E-state index in [9.17, 15) is 4.79 Å². The molecule has 3 atom stereocenters. The third kappa shape index (κ3) is 4.61. The smallest absolute Gasteiger partial charge is 0.410 e. The van der Waals surface area contributed by atoms with E-state index in [0.29, 0.717) is 42.8 Å². The van der Waals surface area contributed by atoms with Crippen LogP contribution in [0.5, 0.6) is 0 Å². The molecule has 3 aliphatic heterocycles. The van der Waals surface area contributed by atoms with Crippen LogP contribution >= 0.6 is 11.6 Å². The van der Waals surface area contributed by atoms with Gasteiger partial charge in [0.05, 0.1) is 24.9 Å². The number of fused-ring (bicyclic) bond motifs is 2. The Morgan fingerprint density at radius 3 is 2.44 bits per heavy atom. The molecule has 1 aromatic heterocycles. The number of carbonyl (C=O) groups is 1. The van der Waals surface area contributed by atoms with Crippen molar-refractivity contribution in [3.8, 4) is 0 Å². The van der Waals surface area contributed by atoms with Gasteiger partial charge >= 0.3 is 6.09 Å². The number of carbonyl (C=O) groups excluding carboxylic acids is 1. The molecular weight excluding hydrogens is 432 g/mol. The van der Waals surface area contributed by atoms with Crippen LogP contribution in [-0.2, 0) is 9.47 Å². The average molecular weight is 467 g/mol. The predicted molar refractivity (Wildman–Crippen MR) is 124 cm³/mol. The number of rotatable bonds is 3. The van der Waals surface area contributed by atoms with Crippen molar-refractivity contribution in [1.29, 1.82) is 0 Å². The Hall–Kier alpha value is -1.84. The van der Waals surface area contributed by atoms with Crippen molar-refractivity contribution in [1.82, 2.24) is 20.0 Å². The van der Waals surface area contributed by atoms with E-state index in [1.807, 2.05) is 20.8 Å². The first-order valence-electron chi connectivity index (χ1n) is 11.4. The summed E-state index contributed by atoms with van der Waals surface area (Å²) < 4.78 is 11.8. The summed E-state index contributed by atoms with van der Waals surface area (Å²) in [5.41, 5.74) is 6.20. The second kappa shape index (κ2) is 8.50. The minimum Gasteiger partial charge on any atom is -0.444 e. The van der Waals surface area contributed by atoms with Gasteiger partial charge in [-0.25, -0.2) is 4.79 Å². The number of aromatic nitrogens is 2. The fraction of sp³-hybridized carbons (Fsp3) is 0.773. The zero-order valence-electron chi connectivity index (χ0n) is 19.7. The summed E-state index contributed by atoms with van der Waals surface area (Å²) in [5.74, 6) is 0.408. The van der Waals surface area contributed by atoms with Gasteiger partial charge in [0.1, 0.15) is 5.60 Å². The van der Waals surface area contributed by atoms with Crippen LogP contribution in [-0.4, -0.2) is 88.2 Å². The van der Waals surface area contributed by atoms with E-state index in [2.05, 4.69) is 33.8 Å². The second-order valence-corrected chi connectivity index (χ2v) is 11.0. The standard InChI is InChI=1S/C22H35ClN6O3/c1-21(2,3)32-20(30)27-8-9-31-17(13-27)22(4,5)29-14-6-7-15(29)12-28(11-14)16-10-18(23)25-26-19(16)24/h10,14-15,17H,6-9,11-13H2,1-5H3,(H2,24,26). The first kappa shape index (κ1) is 23.3. The number of morpholine rings is 1. The van der Waals surface area contributed by atoms with Crippen molar-refractivity contribution in [3.05, 3.63) is 11.2 Å². The summed E-state index contributed by atoms with van der Waals surface area (Å²) in [7, 11) is 0. The average Bonchev–Trinajstić information content (AvgIpc) is 3.00. The molecule has 3 unspecified atom stereocenters. The van der Waals surface area contributed by atoms with Crippen LogP contribution in [0.15, 0.2) is 6.07 Å². The molecule has 4 rings (SSSR count). The number of hydrogen-bond acceptors (Lipinski definition) is 8. The quantitative estimate of drug-likeness (QED) is 0.726. The van der Waals surface area contributed by atoms with Crippen LogP contribution in [0.2, 0.25) is 5.15 Å². The van der Waals surface area contributed by atoms with Gasteiger partial charge < -0.3 is 25.0 Å². The lowest BCUT2D eigenvalue weighted by atomic mass is 9.90. The Labute approximate surface area is 195 Å². The number of halogens is 1. The summed E-state index contributed by atoms with van der Waals surface area (Å²) in [4.78, 5) is 19.3. The van der Waals surface area contributed by atoms with Crippen LogP contribution in [0.25, 0.3) is 0 Å². The molecule has 3 aliphatic rings. The fourth-order valence-corrected chi connectivity index (χ4v) is 5.54. The van der Waals surface area contributed by atoms with Crippen molar-refractivity contribution in [2.45, 2.75) is 76.8 Å². The zero-order chi connectivity index (χ0) is 23.3. The third-order valence-corrected chi connectivity index (χ3v) is 6.95. The molecule has 0 spiro atoms. The number of piperazine rings is 1. The Morgan fingerprint density at radius 2 is 1.81 bits per heavy atom. The van der Waals surface area contributed by atoms with E-state index < -0.39 is 5.60 Å². The summed E-state index contributed by atoms with van der Waals surface area (Å²) in [6.45, 7) is 13.4. The maximum absolute atomic E-state index is 12.7. The highest BCUT2D eigenvalue weighted by Gasteiger charge is 2.51. The predicted octanol–water partition coefficient (Wildman–Crippen LogP) is 2.78. The molecule has 32 heavy (non-hydrogen) atoms. The lowest BCUT2D eigenvalue weighted by Gasteiger charge is -2.53. The van der Waals surface area contributed by atoms with Gasteiger partial charge in [-0.05, 0) is 47.5 Å². The number of nitrogen functional groups attached to an aromatic ring is 1. The van der Waals surface area contributed by atoms with Crippen LogP contribution in [0.1, 0.15) is 47.5 Å². The number of anilines is 2. The highest BCUT2D eigenvalue weighted by atomic mass is 35.5. The van der Waals surface area contributed by atoms with Gasteiger partial charge in [0.25, 0.3) is 0 Å². The van der Waals surface area contributed by atoms with Gasteiger partial charge in [0.2, 0.25) is 0 Å². The molecule has 0 aromatic carbocycles. The molecule has 3 fully saturated rings. The van der Waals surface area contributed by atoms with Gasteiger partial charge in [-0.3, -0.25) is 4.90 Å². The number of nitrogens with two attached hydrogens (primary N) is 1. The molecule has 0 radical (unpaired) electrons. The molecule has 3 saturated heterocycles. The molecule has 4 heterocycles. The Kier molecular flexibility index (Phi) is 6.19. The number of amides is 1. The van der Waals surface area contributed by atoms with E-state index >= 15 is 0 Å². The van der Waals surface area contributed by atoms with E-state index in [1.54, 1.807) is 11.0 Å². The maximum Gasteiger partial charge on any atom is 0.410 e. The van der Waals surface area contributed by atoms with E-state index in [0.717, 1.165) is 31.6 Å². The van der Waals surface area contributed by atoms with Crippen LogP contribution in [0, 0.1) is 0 Å². The molecular formula is C22H35ClN6O3. The lowest BCUT2D eigenvalue weighted by molar-refractivity contribution is -0.116. The van der Waals surface area contributed by atoms with Crippen LogP contribution < -0.4 is 10.6 Å². The van der Waals surface area contributed by atoms with Gasteiger partial charge in [0, 0.05) is 43.3 Å². The highest BCUT2D eigenvalue weighted by Crippen LogP contribution is 2.41. The van der Waals surface area contributed by atoms with E-state index in [4.69, 9.17) is 26.8 Å². The summed E-state index contributed by atoms with van der Waals surface area (Å²) in [6.07, 6.45) is 1.85. The maximum atomic E-state index is 12.7. The SMILES string of the molecule is CC(C)(C)OC(=O)N1CCOC(C(C)(C)N2C3CCC2CN(c2cc(Cl)nnc2N)C3)C1. The third-order valence-electron chi connectivity index (χ3n) is 6.77. The van der Waals surface area contributed by atoms with Gasteiger partial charge in [-0.2, -0.15) is 0 Å². The van der Waals surface area contributed by atoms with E-state index in [1.165, 1.54) is 0 Å². The van der Waals surface area contributed by atoms with Crippen molar-refractivity contribution in [2.24, 2.45) is 0 Å². The number of ether oxygens (including phenoxy) is 2. The number of nitrogens with zero attached hydrogens (tertiary/aromatic N) is 5. The van der Waals surface area contributed by atoms with Crippen LogP contribution in [0.3, 0.4) is 0 Å². The minimum absolute atomic E-state index is 0.0967. The van der Waals surface area contributed by atoms with Crippen molar-refractivity contribution in [3.63, 3.8) is 0 Å². The number of hydrogen-bond donors (Lipinski definition) is 1. The summed E-state index contributed by atoms with van der Waals surface area (Å²) >= 11 is 6.08. The molecule has 9 nitrogen and oxygen atoms in total. The summed E-state index contributed by atoms with van der Waals surface area (Å²) in [6, 6.07) is 2.51. The Bertz CT molecular complexity index is 847. The van der Waals surface area contributed by atoms with Crippen molar-refractivity contribution < 1.29 is 14.3 Å². The Morgan fingerprint density at radius 1 is 1.16 bits per heavy atom. The lowest BCUT2D eigenvalue weighted by Crippen LogP contribution is -2.67. The molecule has 2 bridgehead atoms. The minimum atomic E-state index is -0.512. The summed E-state index contributed by atoms with van der Waals surface area (Å²) in [5, 5.41) is 8.18. The van der Waals surface area contributed by atoms with Crippen LogP contribution in [0.4, 0.5) is 16.3 Å². The van der Waals surface area contributed by atoms with Gasteiger partial charge in [-0.15, -0.1) is 10.2 Å². The largest absolute Gasteiger partial charge is 0.444 e. The molecule has 2 N–H and O–H groups in total. The highest BCUT2D eigenvalue weighted by molar-refractivity contribution is 6.29. The van der Waals surface area contributed by atoms with Gasteiger partial charge in [-0.1, -0.05) is 11.6 Å². The topological polar surface area (TPSA) is 97.0 Å². The molecule has 0 saturated carbocycles. The normalized spacial score (nSPS) is 27.0. The molecule has 10 heteroatoms.